The van der Waals surface area contributed by atoms with Crippen LogP contribution in [0, 0.1) is 6.92 Å². The number of hydrogen-bond acceptors (Lipinski definition) is 3. The second kappa shape index (κ2) is 4.81. The highest BCUT2D eigenvalue weighted by Gasteiger charge is 2.16. The number of aryl methyl sites for hydroxylation is 1. The van der Waals surface area contributed by atoms with Crippen molar-refractivity contribution in [3.05, 3.63) is 53.3 Å². The Morgan fingerprint density at radius 2 is 2.05 bits per heavy atom. The van der Waals surface area contributed by atoms with Crippen molar-refractivity contribution in [3.8, 4) is 0 Å². The highest BCUT2D eigenvalue weighted by Crippen LogP contribution is 2.28. The molecule has 4 aromatic rings. The number of hydrogen-bond donors (Lipinski definition) is 1. The third kappa shape index (κ3) is 1.97. The topological polar surface area (TPSA) is 59.4 Å². The molecule has 5 nitrogen and oxygen atoms in total. The quantitative estimate of drug-likeness (QED) is 0.571. The summed E-state index contributed by atoms with van der Waals surface area (Å²) in [5.41, 5.74) is 5.04. The number of pyridine rings is 1. The molecule has 0 saturated heterocycles. The number of aromatic amines is 1. The van der Waals surface area contributed by atoms with Crippen LogP contribution in [0.2, 0.25) is 5.15 Å². The molecule has 0 radical (unpaired) electrons. The Kier molecular flexibility index (Phi) is 2.90. The minimum atomic E-state index is 0.135. The first kappa shape index (κ1) is 13.3. The van der Waals surface area contributed by atoms with Gasteiger partial charge in [0.2, 0.25) is 0 Å². The number of rotatable bonds is 2. The number of H-pyrrole nitrogens is 1. The Labute approximate surface area is 132 Å². The molecule has 0 aliphatic heterocycles. The smallest absolute Gasteiger partial charge is 0.131 e. The van der Waals surface area contributed by atoms with Crippen LogP contribution in [0.15, 0.2) is 36.8 Å². The molecule has 3 heterocycles. The minimum Gasteiger partial charge on any atom is -0.345 e. The number of fused-ring (bicyclic) bond motifs is 2. The van der Waals surface area contributed by atoms with Gasteiger partial charge in [0.05, 0.1) is 35.1 Å². The zero-order valence-electron chi connectivity index (χ0n) is 12.2. The summed E-state index contributed by atoms with van der Waals surface area (Å²) in [5, 5.41) is 0.477. The van der Waals surface area contributed by atoms with Gasteiger partial charge in [0.25, 0.3) is 0 Å². The first-order valence-electron chi connectivity index (χ1n) is 7.06. The van der Waals surface area contributed by atoms with E-state index in [9.17, 15) is 0 Å². The fourth-order valence-electron chi connectivity index (χ4n) is 2.95. The van der Waals surface area contributed by atoms with Crippen LogP contribution in [0.4, 0.5) is 0 Å². The Morgan fingerprint density at radius 1 is 1.18 bits per heavy atom. The molecule has 110 valence electrons. The summed E-state index contributed by atoms with van der Waals surface area (Å²) in [6.45, 7) is 4.15. The summed E-state index contributed by atoms with van der Waals surface area (Å²) in [7, 11) is 0. The molecule has 1 atom stereocenters. The molecule has 1 N–H and O–H groups in total. The van der Waals surface area contributed by atoms with E-state index in [2.05, 4.69) is 43.6 Å². The molecule has 0 fully saturated rings. The number of nitrogens with zero attached hydrogens (tertiary/aromatic N) is 4. The molecule has 0 aliphatic rings. The van der Waals surface area contributed by atoms with E-state index in [0.717, 1.165) is 27.9 Å². The molecule has 0 saturated carbocycles. The van der Waals surface area contributed by atoms with Crippen LogP contribution in [0.3, 0.4) is 0 Å². The monoisotopic (exact) mass is 311 g/mol. The van der Waals surface area contributed by atoms with E-state index < -0.39 is 0 Å². The molecule has 6 heteroatoms. The van der Waals surface area contributed by atoms with E-state index in [4.69, 9.17) is 11.6 Å². The van der Waals surface area contributed by atoms with Gasteiger partial charge in [-0.3, -0.25) is 0 Å². The van der Waals surface area contributed by atoms with Gasteiger partial charge in [0, 0.05) is 6.07 Å². The van der Waals surface area contributed by atoms with Crippen LogP contribution in [-0.2, 0) is 0 Å². The Morgan fingerprint density at radius 3 is 2.91 bits per heavy atom. The standard InChI is InChI=1S/C16H14ClN5/c1-9(11-3-4-12-13(5-11)20-8-19-12)22-10(2)21-14-7-18-16(17)6-15(14)22/h3-9H,1-2H3,(H,19,20). The van der Waals surface area contributed by atoms with Crippen molar-refractivity contribution in [3.63, 3.8) is 0 Å². The Balaban J connectivity index is 1.89. The van der Waals surface area contributed by atoms with E-state index in [-0.39, 0.29) is 6.04 Å². The lowest BCUT2D eigenvalue weighted by molar-refractivity contribution is 0.638. The fraction of sp³-hybridized carbons (Fsp3) is 0.188. The van der Waals surface area contributed by atoms with Crippen LogP contribution in [-0.4, -0.2) is 24.5 Å². The minimum absolute atomic E-state index is 0.135. The van der Waals surface area contributed by atoms with Gasteiger partial charge in [-0.2, -0.15) is 0 Å². The molecular weight excluding hydrogens is 298 g/mol. The number of benzene rings is 1. The summed E-state index contributed by atoms with van der Waals surface area (Å²) in [6.07, 6.45) is 3.42. The molecule has 22 heavy (non-hydrogen) atoms. The van der Waals surface area contributed by atoms with Crippen molar-refractivity contribution in [2.24, 2.45) is 0 Å². The normalized spacial score (nSPS) is 13.0. The Hall–Kier alpha value is -2.40. The zero-order chi connectivity index (χ0) is 15.3. The predicted molar refractivity (Wildman–Crippen MR) is 87.2 cm³/mol. The van der Waals surface area contributed by atoms with Crippen LogP contribution in [0.1, 0.15) is 24.4 Å². The second-order valence-electron chi connectivity index (χ2n) is 5.38. The molecule has 0 amide bonds. The van der Waals surface area contributed by atoms with E-state index in [1.165, 1.54) is 5.56 Å². The fourth-order valence-corrected chi connectivity index (χ4v) is 3.10. The first-order valence-corrected chi connectivity index (χ1v) is 7.44. The van der Waals surface area contributed by atoms with Gasteiger partial charge in [0.1, 0.15) is 16.5 Å². The predicted octanol–water partition coefficient (Wildman–Crippen LogP) is 3.88. The molecular formula is C16H14ClN5. The number of halogens is 1. The van der Waals surface area contributed by atoms with Crippen molar-refractivity contribution in [2.75, 3.05) is 0 Å². The van der Waals surface area contributed by atoms with E-state index >= 15 is 0 Å². The molecule has 1 unspecified atom stereocenters. The number of nitrogens with one attached hydrogen (secondary N) is 1. The van der Waals surface area contributed by atoms with E-state index in [1.54, 1.807) is 12.5 Å². The lowest BCUT2D eigenvalue weighted by atomic mass is 10.1. The molecule has 0 bridgehead atoms. The van der Waals surface area contributed by atoms with Gasteiger partial charge < -0.3 is 9.55 Å². The lowest BCUT2D eigenvalue weighted by Crippen LogP contribution is -2.08. The van der Waals surface area contributed by atoms with Crippen LogP contribution < -0.4 is 0 Å². The molecule has 4 rings (SSSR count). The second-order valence-corrected chi connectivity index (χ2v) is 5.77. The van der Waals surface area contributed by atoms with Crippen molar-refractivity contribution >= 4 is 33.7 Å². The first-order chi connectivity index (χ1) is 10.6. The SMILES string of the molecule is Cc1nc2cnc(Cl)cc2n1C(C)c1ccc2nc[nH]c2c1. The maximum absolute atomic E-state index is 6.05. The van der Waals surface area contributed by atoms with Crippen molar-refractivity contribution < 1.29 is 0 Å². The van der Waals surface area contributed by atoms with E-state index in [1.807, 2.05) is 19.1 Å². The number of aromatic nitrogens is 5. The van der Waals surface area contributed by atoms with Gasteiger partial charge in [0.15, 0.2) is 0 Å². The largest absolute Gasteiger partial charge is 0.345 e. The van der Waals surface area contributed by atoms with Crippen molar-refractivity contribution in [1.82, 2.24) is 24.5 Å². The van der Waals surface area contributed by atoms with Crippen LogP contribution in [0.5, 0.6) is 0 Å². The summed E-state index contributed by atoms with van der Waals surface area (Å²) in [4.78, 5) is 16.1. The number of imidazole rings is 2. The highest BCUT2D eigenvalue weighted by atomic mass is 35.5. The van der Waals surface area contributed by atoms with Gasteiger partial charge in [-0.1, -0.05) is 17.7 Å². The summed E-state index contributed by atoms with van der Waals surface area (Å²) in [6, 6.07) is 8.25. The third-order valence-corrected chi connectivity index (χ3v) is 4.24. The van der Waals surface area contributed by atoms with Gasteiger partial charge in [-0.25, -0.2) is 15.0 Å². The van der Waals surface area contributed by atoms with Gasteiger partial charge in [-0.15, -0.1) is 0 Å². The molecule has 0 spiro atoms. The Bertz CT molecular complexity index is 985. The maximum atomic E-state index is 6.05. The summed E-state index contributed by atoms with van der Waals surface area (Å²) < 4.78 is 2.18. The van der Waals surface area contributed by atoms with Crippen molar-refractivity contribution in [1.29, 1.82) is 0 Å². The lowest BCUT2D eigenvalue weighted by Gasteiger charge is -2.17. The molecule has 1 aromatic carbocycles. The van der Waals surface area contributed by atoms with Gasteiger partial charge in [-0.05, 0) is 31.5 Å². The summed E-state index contributed by atoms with van der Waals surface area (Å²) >= 11 is 6.05. The average Bonchev–Trinajstić information content (AvgIpc) is 3.08. The average molecular weight is 312 g/mol. The van der Waals surface area contributed by atoms with Crippen LogP contribution >= 0.6 is 11.6 Å². The van der Waals surface area contributed by atoms with Gasteiger partial charge >= 0.3 is 0 Å². The third-order valence-electron chi connectivity index (χ3n) is 4.03. The van der Waals surface area contributed by atoms with Crippen molar-refractivity contribution in [2.45, 2.75) is 19.9 Å². The van der Waals surface area contributed by atoms with Crippen LogP contribution in [0.25, 0.3) is 22.1 Å². The molecule has 3 aromatic heterocycles. The molecule has 0 aliphatic carbocycles. The highest BCUT2D eigenvalue weighted by molar-refractivity contribution is 6.29. The zero-order valence-corrected chi connectivity index (χ0v) is 13.0. The summed E-state index contributed by atoms with van der Waals surface area (Å²) in [5.74, 6) is 0.941. The van der Waals surface area contributed by atoms with E-state index in [0.29, 0.717) is 5.15 Å². The maximum Gasteiger partial charge on any atom is 0.131 e.